The van der Waals surface area contributed by atoms with Gasteiger partial charge in [0.1, 0.15) is 17.6 Å². The van der Waals surface area contributed by atoms with Crippen molar-refractivity contribution in [3.8, 4) is 11.4 Å². The Hall–Kier alpha value is -3.58. The molecule has 1 aromatic heterocycles. The molecule has 0 amide bonds. The van der Waals surface area contributed by atoms with Gasteiger partial charge in [0.15, 0.2) is 11.0 Å². The highest BCUT2D eigenvalue weighted by Crippen LogP contribution is 2.36. The third-order valence-corrected chi connectivity index (χ3v) is 6.08. The molecular formula is C25H23N3O3S. The van der Waals surface area contributed by atoms with Gasteiger partial charge in [-0.1, -0.05) is 78.5 Å². The Kier molecular flexibility index (Phi) is 6.87. The van der Waals surface area contributed by atoms with Crippen LogP contribution in [-0.4, -0.2) is 27.8 Å². The van der Waals surface area contributed by atoms with Crippen LogP contribution in [0.25, 0.3) is 5.69 Å². The Bertz CT molecular complexity index is 1180. The first-order valence-corrected chi connectivity index (χ1v) is 11.0. The van der Waals surface area contributed by atoms with E-state index in [0.717, 1.165) is 22.6 Å². The van der Waals surface area contributed by atoms with Crippen molar-refractivity contribution in [2.75, 3.05) is 7.11 Å². The van der Waals surface area contributed by atoms with Crippen molar-refractivity contribution < 1.29 is 14.3 Å². The second-order valence-corrected chi connectivity index (χ2v) is 8.13. The van der Waals surface area contributed by atoms with Gasteiger partial charge in [-0.05, 0) is 36.2 Å². The number of thioether (sulfide) groups is 1. The number of esters is 1. The minimum atomic E-state index is -0.571. The zero-order valence-corrected chi connectivity index (χ0v) is 18.7. The molecule has 0 saturated heterocycles. The second-order valence-electron chi connectivity index (χ2n) is 7.06. The quantitative estimate of drug-likeness (QED) is 0.276. The van der Waals surface area contributed by atoms with Gasteiger partial charge in [0.05, 0.1) is 7.11 Å². The number of methoxy groups -OCH3 is 1. The summed E-state index contributed by atoms with van der Waals surface area (Å²) in [6.45, 7) is 2.24. The molecule has 6 nitrogen and oxygen atoms in total. The van der Waals surface area contributed by atoms with Crippen LogP contribution in [-0.2, 0) is 16.1 Å². The molecule has 1 unspecified atom stereocenters. The van der Waals surface area contributed by atoms with Crippen LogP contribution in [0.3, 0.4) is 0 Å². The van der Waals surface area contributed by atoms with Gasteiger partial charge in [-0.3, -0.25) is 9.36 Å². The minimum absolute atomic E-state index is 0.238. The third-order valence-electron chi connectivity index (χ3n) is 4.91. The lowest BCUT2D eigenvalue weighted by Gasteiger charge is -2.16. The lowest BCUT2D eigenvalue weighted by Crippen LogP contribution is -2.13. The number of aromatic nitrogens is 3. The van der Waals surface area contributed by atoms with Crippen molar-refractivity contribution in [1.29, 1.82) is 0 Å². The summed E-state index contributed by atoms with van der Waals surface area (Å²) < 4.78 is 13.0. The number of hydrogen-bond donors (Lipinski definition) is 0. The van der Waals surface area contributed by atoms with Crippen LogP contribution in [0.2, 0.25) is 0 Å². The lowest BCUT2D eigenvalue weighted by atomic mass is 10.1. The fourth-order valence-corrected chi connectivity index (χ4v) is 4.36. The summed E-state index contributed by atoms with van der Waals surface area (Å²) in [5.41, 5.74) is 2.77. The highest BCUT2D eigenvalue weighted by molar-refractivity contribution is 8.00. The molecule has 0 aliphatic rings. The molecule has 0 aliphatic heterocycles. The van der Waals surface area contributed by atoms with Gasteiger partial charge in [0.2, 0.25) is 0 Å². The number of benzene rings is 3. The molecule has 1 heterocycles. The summed E-state index contributed by atoms with van der Waals surface area (Å²) in [7, 11) is 1.39. The number of carbonyl (C=O) groups is 1. The second kappa shape index (κ2) is 10.2. The Morgan fingerprint density at radius 2 is 1.59 bits per heavy atom. The van der Waals surface area contributed by atoms with Gasteiger partial charge in [0.25, 0.3) is 0 Å². The van der Waals surface area contributed by atoms with Crippen molar-refractivity contribution in [2.24, 2.45) is 0 Å². The van der Waals surface area contributed by atoms with Crippen LogP contribution in [0.1, 0.15) is 22.2 Å². The van der Waals surface area contributed by atoms with E-state index in [1.54, 1.807) is 0 Å². The van der Waals surface area contributed by atoms with E-state index in [2.05, 4.69) is 10.2 Å². The van der Waals surface area contributed by atoms with E-state index in [1.165, 1.54) is 18.9 Å². The smallest absolute Gasteiger partial charge is 0.323 e. The van der Waals surface area contributed by atoms with Crippen molar-refractivity contribution in [1.82, 2.24) is 14.8 Å². The summed E-state index contributed by atoms with van der Waals surface area (Å²) in [5, 5.41) is 8.79. The van der Waals surface area contributed by atoms with Crippen LogP contribution in [0.4, 0.5) is 0 Å². The zero-order chi connectivity index (χ0) is 22.3. The van der Waals surface area contributed by atoms with Crippen molar-refractivity contribution in [3.05, 3.63) is 102 Å². The van der Waals surface area contributed by atoms with E-state index in [4.69, 9.17) is 9.47 Å². The molecule has 0 fully saturated rings. The Labute approximate surface area is 191 Å². The molecule has 3 aromatic carbocycles. The van der Waals surface area contributed by atoms with Gasteiger partial charge in [-0.25, -0.2) is 0 Å². The number of rotatable bonds is 8. The number of aryl methyl sites for hydroxylation is 1. The fraction of sp³-hybridized carbons (Fsp3) is 0.160. The van der Waals surface area contributed by atoms with Gasteiger partial charge in [0, 0.05) is 5.69 Å². The molecule has 0 bridgehead atoms. The Morgan fingerprint density at radius 3 is 2.28 bits per heavy atom. The average Bonchev–Trinajstić information content (AvgIpc) is 3.25. The predicted molar refractivity (Wildman–Crippen MR) is 124 cm³/mol. The molecule has 0 aliphatic carbocycles. The molecule has 0 spiro atoms. The van der Waals surface area contributed by atoms with Crippen LogP contribution >= 0.6 is 11.8 Å². The first-order valence-electron chi connectivity index (χ1n) is 10.1. The highest BCUT2D eigenvalue weighted by Gasteiger charge is 2.27. The normalized spacial score (nSPS) is 11.7. The van der Waals surface area contributed by atoms with E-state index >= 15 is 0 Å². The summed E-state index contributed by atoms with van der Waals surface area (Å²) in [6, 6.07) is 27.1. The highest BCUT2D eigenvalue weighted by atomic mass is 32.2. The van der Waals surface area contributed by atoms with E-state index in [0.29, 0.717) is 11.0 Å². The van der Waals surface area contributed by atoms with Gasteiger partial charge < -0.3 is 9.47 Å². The number of hydrogen-bond acceptors (Lipinski definition) is 6. The van der Waals surface area contributed by atoms with Crippen molar-refractivity contribution >= 4 is 17.7 Å². The molecule has 7 heteroatoms. The van der Waals surface area contributed by atoms with Crippen molar-refractivity contribution in [3.63, 3.8) is 0 Å². The molecule has 1 atom stereocenters. The van der Waals surface area contributed by atoms with E-state index in [1.807, 2.05) is 96.4 Å². The first-order chi connectivity index (χ1) is 15.7. The molecule has 162 valence electrons. The number of para-hydroxylation sites is 2. The predicted octanol–water partition coefficient (Wildman–Crippen LogP) is 5.16. The minimum Gasteiger partial charge on any atom is -0.485 e. The summed E-state index contributed by atoms with van der Waals surface area (Å²) in [4.78, 5) is 12.6. The largest absolute Gasteiger partial charge is 0.485 e. The maximum Gasteiger partial charge on any atom is 0.323 e. The maximum absolute atomic E-state index is 12.6. The first kappa shape index (κ1) is 21.6. The monoisotopic (exact) mass is 445 g/mol. The van der Waals surface area contributed by atoms with Gasteiger partial charge >= 0.3 is 5.97 Å². The van der Waals surface area contributed by atoms with Gasteiger partial charge in [-0.2, -0.15) is 0 Å². The number of ether oxygens (including phenoxy) is 2. The number of carbonyl (C=O) groups excluding carboxylic acids is 1. The van der Waals surface area contributed by atoms with Crippen LogP contribution in [0.15, 0.2) is 90.1 Å². The molecule has 0 saturated carbocycles. The standard InChI is InChI=1S/C25H23N3O3S/c1-18-11-9-10-16-21(18)31-17-22-26-27-25(28(22)20-14-7-4-8-15-20)32-23(24(29)30-2)19-12-5-3-6-13-19/h3-16,23H,17H2,1-2H3. The molecule has 0 N–H and O–H groups in total. The molecule has 0 radical (unpaired) electrons. The van der Waals surface area contributed by atoms with Gasteiger partial charge in [-0.15, -0.1) is 10.2 Å². The average molecular weight is 446 g/mol. The summed E-state index contributed by atoms with van der Waals surface area (Å²) in [5.74, 6) is 1.08. The number of nitrogens with zero attached hydrogens (tertiary/aromatic N) is 3. The van der Waals surface area contributed by atoms with Crippen LogP contribution < -0.4 is 4.74 Å². The van der Waals surface area contributed by atoms with Crippen molar-refractivity contribution in [2.45, 2.75) is 23.9 Å². The molecule has 32 heavy (non-hydrogen) atoms. The topological polar surface area (TPSA) is 66.2 Å². The summed E-state index contributed by atoms with van der Waals surface area (Å²) in [6.07, 6.45) is 0. The fourth-order valence-electron chi connectivity index (χ4n) is 3.26. The van der Waals surface area contributed by atoms with Crippen LogP contribution in [0.5, 0.6) is 5.75 Å². The maximum atomic E-state index is 12.6. The Balaban J connectivity index is 1.69. The molecule has 4 rings (SSSR count). The van der Waals surface area contributed by atoms with E-state index in [9.17, 15) is 4.79 Å². The van der Waals surface area contributed by atoms with Crippen LogP contribution in [0, 0.1) is 6.92 Å². The molecule has 4 aromatic rings. The zero-order valence-electron chi connectivity index (χ0n) is 17.8. The third kappa shape index (κ3) is 4.84. The molecular weight excluding hydrogens is 422 g/mol. The summed E-state index contributed by atoms with van der Waals surface area (Å²) >= 11 is 1.30. The lowest BCUT2D eigenvalue weighted by molar-refractivity contribution is -0.140. The van der Waals surface area contributed by atoms with E-state index in [-0.39, 0.29) is 12.6 Å². The van der Waals surface area contributed by atoms with E-state index < -0.39 is 5.25 Å². The SMILES string of the molecule is COC(=O)C(Sc1nnc(COc2ccccc2C)n1-c1ccccc1)c1ccccc1. The Morgan fingerprint density at radius 1 is 0.938 bits per heavy atom.